The fraction of sp³-hybridized carbons (Fsp3) is 0.474. The van der Waals surface area contributed by atoms with Gasteiger partial charge in [0.2, 0.25) is 0 Å². The predicted octanol–water partition coefficient (Wildman–Crippen LogP) is 3.11. The van der Waals surface area contributed by atoms with Crippen LogP contribution in [-0.2, 0) is 11.2 Å². The van der Waals surface area contributed by atoms with Crippen molar-refractivity contribution in [1.82, 2.24) is 4.98 Å². The van der Waals surface area contributed by atoms with Gasteiger partial charge in [0.1, 0.15) is 17.4 Å². The largest absolute Gasteiger partial charge is 0.378 e. The summed E-state index contributed by atoms with van der Waals surface area (Å²) in [6.45, 7) is 5.30. The van der Waals surface area contributed by atoms with Gasteiger partial charge in [-0.2, -0.15) is 5.26 Å². The Morgan fingerprint density at radius 2 is 2.08 bits per heavy atom. The van der Waals surface area contributed by atoms with Gasteiger partial charge < -0.3 is 14.6 Å². The Labute approximate surface area is 146 Å². The molecule has 1 fully saturated rings. The van der Waals surface area contributed by atoms with Crippen LogP contribution in [0.2, 0.25) is 0 Å². The molecule has 1 aromatic heterocycles. The minimum Gasteiger partial charge on any atom is -0.378 e. The van der Waals surface area contributed by atoms with Crippen LogP contribution in [0.1, 0.15) is 37.8 Å². The van der Waals surface area contributed by atoms with Crippen molar-refractivity contribution < 1.29 is 9.13 Å². The molecule has 5 nitrogen and oxygen atoms in total. The number of H-pyrrole nitrogens is 1. The van der Waals surface area contributed by atoms with E-state index in [-0.39, 0.29) is 17.0 Å². The zero-order valence-electron chi connectivity index (χ0n) is 14.8. The molecule has 25 heavy (non-hydrogen) atoms. The first kappa shape index (κ1) is 17.4. The molecule has 1 aliphatic heterocycles. The molecule has 1 N–H and O–H groups in total. The Bertz CT molecular complexity index is 905. The first-order valence-electron chi connectivity index (χ1n) is 8.51. The molecule has 0 bridgehead atoms. The molecule has 2 heterocycles. The lowest BCUT2D eigenvalue weighted by molar-refractivity contribution is -0.0132. The molecular formula is C19H22FN3O2. The minimum absolute atomic E-state index is 0.0854. The topological polar surface area (TPSA) is 69.1 Å². The van der Waals surface area contributed by atoms with E-state index in [1.165, 1.54) is 6.07 Å². The van der Waals surface area contributed by atoms with Gasteiger partial charge in [0.25, 0.3) is 5.56 Å². The number of aryl methyl sites for hydroxylation is 1. The maximum absolute atomic E-state index is 14.1. The van der Waals surface area contributed by atoms with Gasteiger partial charge in [0, 0.05) is 25.6 Å². The van der Waals surface area contributed by atoms with E-state index >= 15 is 0 Å². The molecule has 0 saturated carbocycles. The fourth-order valence-electron chi connectivity index (χ4n) is 3.46. The first-order chi connectivity index (χ1) is 11.9. The van der Waals surface area contributed by atoms with Gasteiger partial charge in [0.05, 0.1) is 16.8 Å². The quantitative estimate of drug-likeness (QED) is 0.930. The van der Waals surface area contributed by atoms with Crippen LogP contribution in [0.5, 0.6) is 0 Å². The SMILES string of the molecule is CCc1cc2c(N3CCC(C)(OC)CC3)c(C#N)c(=O)[nH]c2cc1F. The third-order valence-electron chi connectivity index (χ3n) is 5.28. The van der Waals surface area contributed by atoms with E-state index in [0.29, 0.717) is 36.3 Å². The molecular weight excluding hydrogens is 321 g/mol. The molecule has 0 radical (unpaired) electrons. The number of nitriles is 1. The van der Waals surface area contributed by atoms with Crippen LogP contribution in [0, 0.1) is 17.1 Å². The van der Waals surface area contributed by atoms with Crippen molar-refractivity contribution in [2.75, 3.05) is 25.1 Å². The van der Waals surface area contributed by atoms with E-state index in [0.717, 1.165) is 18.2 Å². The number of piperidine rings is 1. The number of nitrogens with one attached hydrogen (secondary N) is 1. The van der Waals surface area contributed by atoms with Crippen molar-refractivity contribution in [2.24, 2.45) is 0 Å². The number of aromatic amines is 1. The second-order valence-electron chi connectivity index (χ2n) is 6.77. The number of ether oxygens (including phenoxy) is 1. The van der Waals surface area contributed by atoms with Crippen LogP contribution in [0.15, 0.2) is 16.9 Å². The standard InChI is InChI=1S/C19H22FN3O2/c1-4-12-9-13-16(10-15(12)20)22-18(24)14(11-21)17(13)23-7-5-19(2,25-3)6-8-23/h9-10H,4-8H2,1-3H3,(H,22,24). The van der Waals surface area contributed by atoms with Gasteiger partial charge in [-0.3, -0.25) is 4.79 Å². The summed E-state index contributed by atoms with van der Waals surface area (Å²) in [7, 11) is 1.70. The summed E-state index contributed by atoms with van der Waals surface area (Å²) >= 11 is 0. The molecule has 3 rings (SSSR count). The van der Waals surface area contributed by atoms with Crippen LogP contribution in [0.4, 0.5) is 10.1 Å². The minimum atomic E-state index is -0.478. The summed E-state index contributed by atoms with van der Waals surface area (Å²) in [5, 5.41) is 10.2. The second-order valence-corrected chi connectivity index (χ2v) is 6.77. The van der Waals surface area contributed by atoms with Crippen molar-refractivity contribution in [2.45, 2.75) is 38.7 Å². The van der Waals surface area contributed by atoms with E-state index in [1.54, 1.807) is 13.2 Å². The van der Waals surface area contributed by atoms with Gasteiger partial charge >= 0.3 is 0 Å². The summed E-state index contributed by atoms with van der Waals surface area (Å²) in [6, 6.07) is 5.13. The molecule has 2 aromatic rings. The molecule has 1 aromatic carbocycles. The van der Waals surface area contributed by atoms with E-state index in [9.17, 15) is 14.4 Å². The highest BCUT2D eigenvalue weighted by Crippen LogP contribution is 2.34. The normalized spacial score (nSPS) is 16.8. The molecule has 0 atom stereocenters. The van der Waals surface area contributed by atoms with Crippen LogP contribution >= 0.6 is 0 Å². The summed E-state index contributed by atoms with van der Waals surface area (Å²) in [5.74, 6) is -0.341. The fourth-order valence-corrected chi connectivity index (χ4v) is 3.46. The van der Waals surface area contributed by atoms with Crippen molar-refractivity contribution in [3.8, 4) is 6.07 Å². The lowest BCUT2D eigenvalue weighted by Crippen LogP contribution is -2.44. The molecule has 1 saturated heterocycles. The summed E-state index contributed by atoms with van der Waals surface area (Å²) < 4.78 is 19.7. The average Bonchev–Trinajstić information content (AvgIpc) is 2.61. The number of anilines is 1. The Balaban J connectivity index is 2.19. The number of fused-ring (bicyclic) bond motifs is 1. The van der Waals surface area contributed by atoms with E-state index < -0.39 is 5.56 Å². The van der Waals surface area contributed by atoms with Gasteiger partial charge in [-0.1, -0.05) is 6.92 Å². The monoisotopic (exact) mass is 343 g/mol. The van der Waals surface area contributed by atoms with Gasteiger partial charge in [-0.15, -0.1) is 0 Å². The number of aromatic nitrogens is 1. The lowest BCUT2D eigenvalue weighted by Gasteiger charge is -2.40. The molecule has 0 unspecified atom stereocenters. The van der Waals surface area contributed by atoms with Crippen LogP contribution in [0.3, 0.4) is 0 Å². The van der Waals surface area contributed by atoms with Crippen LogP contribution < -0.4 is 10.5 Å². The Hall–Kier alpha value is -2.39. The molecule has 132 valence electrons. The third kappa shape index (κ3) is 3.00. The second kappa shape index (κ2) is 6.49. The summed E-state index contributed by atoms with van der Waals surface area (Å²) in [4.78, 5) is 17.0. The number of pyridine rings is 1. The number of nitrogens with zero attached hydrogens (tertiary/aromatic N) is 2. The van der Waals surface area contributed by atoms with Crippen LogP contribution in [-0.4, -0.2) is 30.8 Å². The van der Waals surface area contributed by atoms with Crippen molar-refractivity contribution in [3.05, 3.63) is 39.4 Å². The summed E-state index contributed by atoms with van der Waals surface area (Å²) in [5.41, 5.74) is 1.02. The van der Waals surface area contributed by atoms with Gasteiger partial charge in [0.15, 0.2) is 0 Å². The zero-order chi connectivity index (χ0) is 18.2. The number of halogens is 1. The maximum Gasteiger partial charge on any atom is 0.268 e. The van der Waals surface area contributed by atoms with Gasteiger partial charge in [-0.25, -0.2) is 4.39 Å². The zero-order valence-corrected chi connectivity index (χ0v) is 14.8. The molecule has 0 amide bonds. The molecule has 1 aliphatic rings. The highest BCUT2D eigenvalue weighted by Gasteiger charge is 2.32. The lowest BCUT2D eigenvalue weighted by atomic mass is 9.92. The van der Waals surface area contributed by atoms with Crippen molar-refractivity contribution >= 4 is 16.6 Å². The number of rotatable bonds is 3. The van der Waals surface area contributed by atoms with Crippen molar-refractivity contribution in [3.63, 3.8) is 0 Å². The number of hydrogen-bond acceptors (Lipinski definition) is 4. The summed E-state index contributed by atoms with van der Waals surface area (Å²) in [6.07, 6.45) is 2.14. The average molecular weight is 343 g/mol. The predicted molar refractivity (Wildman–Crippen MR) is 95.5 cm³/mol. The van der Waals surface area contributed by atoms with Crippen molar-refractivity contribution in [1.29, 1.82) is 5.26 Å². The first-order valence-corrected chi connectivity index (χ1v) is 8.51. The highest BCUT2D eigenvalue weighted by atomic mass is 19.1. The third-order valence-corrected chi connectivity index (χ3v) is 5.28. The van der Waals surface area contributed by atoms with Crippen LogP contribution in [0.25, 0.3) is 10.9 Å². The Morgan fingerprint density at radius 3 is 2.64 bits per heavy atom. The number of hydrogen-bond donors (Lipinski definition) is 1. The Morgan fingerprint density at radius 1 is 1.40 bits per heavy atom. The molecule has 6 heteroatoms. The van der Waals surface area contributed by atoms with E-state index in [2.05, 4.69) is 11.9 Å². The number of methoxy groups -OCH3 is 1. The van der Waals surface area contributed by atoms with E-state index in [1.807, 2.05) is 17.9 Å². The van der Waals surface area contributed by atoms with Gasteiger partial charge in [-0.05, 0) is 43.9 Å². The van der Waals surface area contributed by atoms with E-state index in [4.69, 9.17) is 4.74 Å². The Kier molecular flexibility index (Phi) is 4.53. The maximum atomic E-state index is 14.1. The highest BCUT2D eigenvalue weighted by molar-refractivity contribution is 5.95. The molecule has 0 aliphatic carbocycles. The number of benzene rings is 1. The molecule has 0 spiro atoms. The smallest absolute Gasteiger partial charge is 0.268 e.